The molecule has 33 heavy (non-hydrogen) atoms. The third-order valence-electron chi connectivity index (χ3n) is 7.43. The van der Waals surface area contributed by atoms with Crippen molar-refractivity contribution >= 4 is 5.57 Å². The van der Waals surface area contributed by atoms with Crippen molar-refractivity contribution in [3.63, 3.8) is 0 Å². The Morgan fingerprint density at radius 3 is 2.24 bits per heavy atom. The van der Waals surface area contributed by atoms with Gasteiger partial charge in [0.25, 0.3) is 0 Å². The van der Waals surface area contributed by atoms with E-state index in [1.165, 1.54) is 28.3 Å². The summed E-state index contributed by atoms with van der Waals surface area (Å²) in [4.78, 5) is 0. The highest BCUT2D eigenvalue weighted by molar-refractivity contribution is 5.79. The van der Waals surface area contributed by atoms with Gasteiger partial charge in [0, 0.05) is 11.8 Å². The molecule has 1 saturated carbocycles. The van der Waals surface area contributed by atoms with E-state index >= 15 is 0 Å². The molecule has 0 aliphatic heterocycles. The van der Waals surface area contributed by atoms with Gasteiger partial charge in [-0.05, 0) is 83.6 Å². The lowest BCUT2D eigenvalue weighted by Gasteiger charge is -2.29. The fourth-order valence-electron chi connectivity index (χ4n) is 5.46. The highest BCUT2D eigenvalue weighted by atomic mass is 16.5. The van der Waals surface area contributed by atoms with E-state index in [1.807, 2.05) is 6.07 Å². The van der Waals surface area contributed by atoms with E-state index in [9.17, 15) is 20.4 Å². The molecule has 0 bridgehead atoms. The fraction of sp³-hybridized carbons (Fsp3) is 0.310. The Balaban J connectivity index is 1.31. The van der Waals surface area contributed by atoms with Crippen molar-refractivity contribution in [2.24, 2.45) is 11.8 Å². The van der Waals surface area contributed by atoms with Crippen LogP contribution in [0.1, 0.15) is 48.3 Å². The first-order chi connectivity index (χ1) is 16.0. The van der Waals surface area contributed by atoms with Crippen LogP contribution in [0.4, 0.5) is 0 Å². The lowest BCUT2D eigenvalue weighted by molar-refractivity contribution is -0.0937. The van der Waals surface area contributed by atoms with E-state index in [-0.39, 0.29) is 23.3 Å². The Morgan fingerprint density at radius 2 is 1.55 bits per heavy atom. The maximum absolute atomic E-state index is 9.92. The second-order valence-electron chi connectivity index (χ2n) is 9.45. The van der Waals surface area contributed by atoms with Gasteiger partial charge in [0.1, 0.15) is 0 Å². The minimum absolute atomic E-state index is 0.0171. The molecule has 4 N–H and O–H groups in total. The summed E-state index contributed by atoms with van der Waals surface area (Å²) in [5.74, 6) is 0.471. The molecule has 1 unspecified atom stereocenters. The van der Waals surface area contributed by atoms with E-state index in [2.05, 4.69) is 54.6 Å². The Kier molecular flexibility index (Phi) is 5.96. The number of allylic oxidation sites excluding steroid dienone is 8. The van der Waals surface area contributed by atoms with E-state index in [0.29, 0.717) is 5.92 Å². The van der Waals surface area contributed by atoms with Crippen molar-refractivity contribution in [2.75, 3.05) is 0 Å². The van der Waals surface area contributed by atoms with Gasteiger partial charge in [-0.1, -0.05) is 60.7 Å². The zero-order valence-electron chi connectivity index (χ0n) is 18.6. The molecule has 0 heterocycles. The summed E-state index contributed by atoms with van der Waals surface area (Å²) in [7, 11) is 0. The Morgan fingerprint density at radius 1 is 0.788 bits per heavy atom. The van der Waals surface area contributed by atoms with Crippen LogP contribution >= 0.6 is 0 Å². The van der Waals surface area contributed by atoms with E-state index in [4.69, 9.17) is 0 Å². The van der Waals surface area contributed by atoms with Crippen LogP contribution in [0.15, 0.2) is 84.0 Å². The third-order valence-corrected chi connectivity index (χ3v) is 7.43. The SMILES string of the molecule is Oc1ccc(C2=CC=C(Cc3ccc(C4CCC(C(O)O)CC4)cc3)C3=CC=CC32)cc1O. The number of aromatic hydroxyl groups is 2. The van der Waals surface area contributed by atoms with Crippen LogP contribution in [0, 0.1) is 11.8 Å². The van der Waals surface area contributed by atoms with Gasteiger partial charge in [-0.15, -0.1) is 0 Å². The van der Waals surface area contributed by atoms with Crippen LogP contribution in [0.2, 0.25) is 0 Å². The van der Waals surface area contributed by atoms with Crippen LogP contribution in [0.25, 0.3) is 5.57 Å². The summed E-state index contributed by atoms with van der Waals surface area (Å²) in [5.41, 5.74) is 7.22. The number of benzene rings is 2. The highest BCUT2D eigenvalue weighted by Crippen LogP contribution is 2.43. The second kappa shape index (κ2) is 9.05. The predicted octanol–water partition coefficient (Wildman–Crippen LogP) is 5.36. The Labute approximate surface area is 194 Å². The zero-order valence-corrected chi connectivity index (χ0v) is 18.6. The molecule has 2 aromatic carbocycles. The average molecular weight is 443 g/mol. The van der Waals surface area contributed by atoms with Crippen LogP contribution in [0.3, 0.4) is 0 Å². The molecule has 0 aromatic heterocycles. The number of hydrogen-bond donors (Lipinski definition) is 4. The van der Waals surface area contributed by atoms with Crippen LogP contribution in [-0.2, 0) is 6.42 Å². The second-order valence-corrected chi connectivity index (χ2v) is 9.45. The van der Waals surface area contributed by atoms with Crippen LogP contribution in [-0.4, -0.2) is 26.7 Å². The molecule has 4 heteroatoms. The monoisotopic (exact) mass is 442 g/mol. The maximum Gasteiger partial charge on any atom is 0.158 e. The van der Waals surface area contributed by atoms with Crippen molar-refractivity contribution in [1.82, 2.24) is 0 Å². The molecule has 2 aromatic rings. The number of aliphatic hydroxyl groups excluding tert-OH is 1. The fourth-order valence-corrected chi connectivity index (χ4v) is 5.46. The number of rotatable bonds is 5. The maximum atomic E-state index is 9.92. The van der Waals surface area contributed by atoms with Gasteiger partial charge in [-0.25, -0.2) is 0 Å². The molecule has 1 fully saturated rings. The van der Waals surface area contributed by atoms with E-state index in [0.717, 1.165) is 43.2 Å². The minimum Gasteiger partial charge on any atom is -0.504 e. The Hall–Kier alpha value is -3.08. The molecule has 0 radical (unpaired) electrons. The van der Waals surface area contributed by atoms with Gasteiger partial charge in [0.2, 0.25) is 0 Å². The lowest BCUT2D eigenvalue weighted by Crippen LogP contribution is -2.24. The smallest absolute Gasteiger partial charge is 0.158 e. The summed E-state index contributed by atoms with van der Waals surface area (Å²) in [6, 6.07) is 13.9. The standard InChI is InChI=1S/C29H30O4/c30-27-15-13-23(17-28(27)31)25-14-12-22(24-2-1-3-26(24)25)16-18-4-6-19(7-5-18)20-8-10-21(11-9-20)29(32)33/h1-7,12-15,17,20-21,26,29-33H,8-11,16H2. The van der Waals surface area contributed by atoms with Gasteiger partial charge in [-0.3, -0.25) is 0 Å². The molecule has 4 nitrogen and oxygen atoms in total. The average Bonchev–Trinajstić information content (AvgIpc) is 3.32. The number of phenols is 2. The highest BCUT2D eigenvalue weighted by Gasteiger charge is 2.27. The number of fused-ring (bicyclic) bond motifs is 1. The summed E-state index contributed by atoms with van der Waals surface area (Å²) in [5, 5.41) is 38.4. The summed E-state index contributed by atoms with van der Waals surface area (Å²) in [6.45, 7) is 0. The quantitative estimate of drug-likeness (QED) is 0.371. The van der Waals surface area contributed by atoms with E-state index in [1.54, 1.807) is 6.07 Å². The van der Waals surface area contributed by atoms with Gasteiger partial charge >= 0.3 is 0 Å². The van der Waals surface area contributed by atoms with Gasteiger partial charge in [-0.2, -0.15) is 0 Å². The molecule has 1 atom stereocenters. The number of hydrogen-bond acceptors (Lipinski definition) is 4. The van der Waals surface area contributed by atoms with Crippen molar-refractivity contribution in [2.45, 2.75) is 44.3 Å². The molecular formula is C29H30O4. The molecule has 3 aliphatic rings. The first-order valence-electron chi connectivity index (χ1n) is 11.8. The molecule has 0 saturated heterocycles. The minimum atomic E-state index is -1.19. The summed E-state index contributed by atoms with van der Waals surface area (Å²) < 4.78 is 0. The van der Waals surface area contributed by atoms with Crippen LogP contribution in [0.5, 0.6) is 11.5 Å². The normalized spacial score (nSPS) is 24.3. The summed E-state index contributed by atoms with van der Waals surface area (Å²) in [6.07, 6.45) is 14.2. The molecule has 0 spiro atoms. The van der Waals surface area contributed by atoms with Crippen molar-refractivity contribution in [1.29, 1.82) is 0 Å². The van der Waals surface area contributed by atoms with Gasteiger partial charge in [0.05, 0.1) is 0 Å². The summed E-state index contributed by atoms with van der Waals surface area (Å²) >= 11 is 0. The van der Waals surface area contributed by atoms with E-state index < -0.39 is 6.29 Å². The van der Waals surface area contributed by atoms with Crippen molar-refractivity contribution in [3.8, 4) is 11.5 Å². The van der Waals surface area contributed by atoms with Crippen LogP contribution < -0.4 is 0 Å². The number of phenolic OH excluding ortho intramolecular Hbond substituents is 2. The van der Waals surface area contributed by atoms with Crippen molar-refractivity contribution in [3.05, 3.63) is 101 Å². The predicted molar refractivity (Wildman–Crippen MR) is 130 cm³/mol. The van der Waals surface area contributed by atoms with Gasteiger partial charge in [0.15, 0.2) is 17.8 Å². The molecular weight excluding hydrogens is 412 g/mol. The molecule has 170 valence electrons. The molecule has 3 aliphatic carbocycles. The Bertz CT molecular complexity index is 1140. The third kappa shape index (κ3) is 4.41. The van der Waals surface area contributed by atoms with Crippen molar-refractivity contribution < 1.29 is 20.4 Å². The molecule has 0 amide bonds. The first-order valence-corrected chi connectivity index (χ1v) is 11.8. The first kappa shape index (κ1) is 21.7. The largest absolute Gasteiger partial charge is 0.504 e. The lowest BCUT2D eigenvalue weighted by atomic mass is 9.77. The number of aliphatic hydroxyl groups is 2. The topological polar surface area (TPSA) is 80.9 Å². The van der Waals surface area contributed by atoms with Gasteiger partial charge < -0.3 is 20.4 Å². The zero-order chi connectivity index (χ0) is 22.9. The molecule has 5 rings (SSSR count).